The molecule has 1 saturated heterocycles. The Morgan fingerprint density at radius 1 is 1.05 bits per heavy atom. The predicted octanol–water partition coefficient (Wildman–Crippen LogP) is 5.33. The lowest BCUT2D eigenvalue weighted by Crippen LogP contribution is -2.45. The molecule has 3 aromatic heterocycles. The van der Waals surface area contributed by atoms with Gasteiger partial charge in [0, 0.05) is 52.8 Å². The van der Waals surface area contributed by atoms with Crippen LogP contribution in [0.5, 0.6) is 0 Å². The first-order chi connectivity index (χ1) is 20.6. The van der Waals surface area contributed by atoms with Gasteiger partial charge >= 0.3 is 0 Å². The smallest absolute Gasteiger partial charge is 0.297 e. The van der Waals surface area contributed by atoms with Gasteiger partial charge in [0.2, 0.25) is 5.89 Å². The van der Waals surface area contributed by atoms with Crippen molar-refractivity contribution in [2.45, 2.75) is 58.8 Å². The van der Waals surface area contributed by atoms with Gasteiger partial charge in [-0.3, -0.25) is 4.79 Å². The second-order valence-electron chi connectivity index (χ2n) is 12.0. The van der Waals surface area contributed by atoms with Crippen LogP contribution < -0.4 is 10.2 Å². The number of ether oxygens (including phenoxy) is 1. The van der Waals surface area contributed by atoms with Gasteiger partial charge < -0.3 is 29.6 Å². The summed E-state index contributed by atoms with van der Waals surface area (Å²) < 4.78 is 11.2. The highest BCUT2D eigenvalue weighted by molar-refractivity contribution is 6.03. The van der Waals surface area contributed by atoms with Gasteiger partial charge in [-0.25, -0.2) is 9.97 Å². The number of nitrogens with zero attached hydrogens (tertiary/aromatic N) is 5. The lowest BCUT2D eigenvalue weighted by Gasteiger charge is -2.36. The zero-order chi connectivity index (χ0) is 30.3. The van der Waals surface area contributed by atoms with E-state index in [0.717, 1.165) is 41.0 Å². The number of aromatic nitrogens is 5. The molecule has 0 saturated carbocycles. The number of imidazole rings is 1. The van der Waals surface area contributed by atoms with Crippen molar-refractivity contribution >= 4 is 28.4 Å². The molecule has 1 amide bonds. The van der Waals surface area contributed by atoms with Crippen LogP contribution in [0.3, 0.4) is 0 Å². The number of pyridine rings is 1. The summed E-state index contributed by atoms with van der Waals surface area (Å²) in [7, 11) is 0. The quantitative estimate of drug-likeness (QED) is 0.242. The molecule has 2 aromatic carbocycles. The van der Waals surface area contributed by atoms with Crippen LogP contribution in [0.25, 0.3) is 33.7 Å². The monoisotopic (exact) mass is 581 g/mol. The number of anilines is 2. The van der Waals surface area contributed by atoms with E-state index in [9.17, 15) is 9.90 Å². The summed E-state index contributed by atoms with van der Waals surface area (Å²) in [6.45, 7) is 11.4. The Bertz CT molecular complexity index is 1760. The molecule has 1 aliphatic heterocycles. The molecule has 6 rings (SSSR count). The van der Waals surface area contributed by atoms with E-state index in [-0.39, 0.29) is 30.1 Å². The average Bonchev–Trinajstić information content (AvgIpc) is 3.65. The van der Waals surface area contributed by atoms with Gasteiger partial charge in [0.05, 0.1) is 24.3 Å². The topological polar surface area (TPSA) is 142 Å². The number of fused-ring (bicyclic) bond motifs is 1. The standard InChI is InChI=1S/C32H35N7O4/c1-18-15-39(16-19(2)42-18)21-11-9-20(10-12-21)27-35-26-23(13-14-33-28(26)36-27)22-7-6-8-25(24(22)17-40)34-30(41)29-37-31(43-38-29)32(3,4)5/h6-14,18-19,40H,15-17H2,1-5H3,(H,34,41)(H,33,35,36)/t18-,19+. The van der Waals surface area contributed by atoms with Crippen LogP contribution in [0.4, 0.5) is 11.4 Å². The SMILES string of the molecule is C[C@@H]1CN(c2ccc(-c3nc4nccc(-c5cccc(NC(=O)c6noc(C(C)(C)C)n6)c5CO)c4[nH]3)cc2)C[C@H](C)O1. The normalized spacial score (nSPS) is 17.4. The van der Waals surface area contributed by atoms with E-state index in [4.69, 9.17) is 14.2 Å². The first-order valence-corrected chi connectivity index (χ1v) is 14.3. The molecule has 11 nitrogen and oxygen atoms in total. The second-order valence-corrected chi connectivity index (χ2v) is 12.0. The summed E-state index contributed by atoms with van der Waals surface area (Å²) in [6.07, 6.45) is 2.05. The third-order valence-electron chi connectivity index (χ3n) is 7.46. The Balaban J connectivity index is 1.29. The summed E-state index contributed by atoms with van der Waals surface area (Å²) in [4.78, 5) is 32.3. The molecule has 0 radical (unpaired) electrons. The molecule has 4 heterocycles. The lowest BCUT2D eigenvalue weighted by molar-refractivity contribution is -0.00521. The van der Waals surface area contributed by atoms with Crippen LogP contribution in [-0.2, 0) is 16.8 Å². The molecule has 2 atom stereocenters. The Morgan fingerprint density at radius 3 is 2.47 bits per heavy atom. The van der Waals surface area contributed by atoms with Gasteiger partial charge in [0.25, 0.3) is 11.7 Å². The molecular weight excluding hydrogens is 546 g/mol. The minimum Gasteiger partial charge on any atom is -0.392 e. The maximum Gasteiger partial charge on any atom is 0.297 e. The second kappa shape index (κ2) is 11.2. The van der Waals surface area contributed by atoms with Crippen molar-refractivity contribution in [2.75, 3.05) is 23.3 Å². The van der Waals surface area contributed by atoms with E-state index >= 15 is 0 Å². The number of aliphatic hydroxyl groups is 1. The van der Waals surface area contributed by atoms with Crippen molar-refractivity contribution < 1.29 is 19.2 Å². The molecule has 43 heavy (non-hydrogen) atoms. The summed E-state index contributed by atoms with van der Waals surface area (Å²) in [5, 5.41) is 17.1. The van der Waals surface area contributed by atoms with Crippen LogP contribution in [0, 0.1) is 0 Å². The van der Waals surface area contributed by atoms with Crippen molar-refractivity contribution in [1.82, 2.24) is 25.1 Å². The number of carbonyl (C=O) groups is 1. The Hall–Kier alpha value is -4.61. The summed E-state index contributed by atoms with van der Waals surface area (Å²) in [5.74, 6) is 0.446. The molecular formula is C32H35N7O4. The number of hydrogen-bond donors (Lipinski definition) is 3. The first kappa shape index (κ1) is 28.5. The number of carbonyl (C=O) groups excluding carboxylic acids is 1. The maximum absolute atomic E-state index is 13.0. The average molecular weight is 582 g/mol. The number of aromatic amines is 1. The Morgan fingerprint density at radius 2 is 1.79 bits per heavy atom. The van der Waals surface area contributed by atoms with Gasteiger partial charge in [0.1, 0.15) is 5.82 Å². The van der Waals surface area contributed by atoms with E-state index in [2.05, 4.69) is 68.4 Å². The third kappa shape index (κ3) is 5.73. The minimum atomic E-state index is -0.528. The van der Waals surface area contributed by atoms with Gasteiger partial charge in [0.15, 0.2) is 5.65 Å². The number of morpholine rings is 1. The van der Waals surface area contributed by atoms with Crippen LogP contribution in [0.2, 0.25) is 0 Å². The van der Waals surface area contributed by atoms with Gasteiger partial charge in [-0.15, -0.1) is 0 Å². The highest BCUT2D eigenvalue weighted by atomic mass is 16.5. The minimum absolute atomic E-state index is 0.0765. The lowest BCUT2D eigenvalue weighted by atomic mass is 9.97. The molecule has 1 fully saturated rings. The first-order valence-electron chi connectivity index (χ1n) is 14.3. The van der Waals surface area contributed by atoms with E-state index in [1.807, 2.05) is 39.0 Å². The number of benzene rings is 2. The molecule has 0 spiro atoms. The van der Waals surface area contributed by atoms with E-state index in [1.165, 1.54) is 0 Å². The number of rotatable bonds is 6. The molecule has 222 valence electrons. The van der Waals surface area contributed by atoms with Crippen LogP contribution in [0.1, 0.15) is 56.7 Å². The number of hydrogen-bond acceptors (Lipinski definition) is 9. The van der Waals surface area contributed by atoms with Gasteiger partial charge in [-0.1, -0.05) is 38.1 Å². The number of aliphatic hydroxyl groups excluding tert-OH is 1. The fraction of sp³-hybridized carbons (Fsp3) is 0.344. The zero-order valence-electron chi connectivity index (χ0n) is 24.9. The van der Waals surface area contributed by atoms with E-state index < -0.39 is 5.91 Å². The predicted molar refractivity (Wildman–Crippen MR) is 164 cm³/mol. The summed E-state index contributed by atoms with van der Waals surface area (Å²) in [5.41, 5.74) is 5.47. The largest absolute Gasteiger partial charge is 0.392 e. The molecule has 11 heteroatoms. The molecule has 0 bridgehead atoms. The molecule has 1 aliphatic rings. The van der Waals surface area contributed by atoms with E-state index in [0.29, 0.717) is 28.6 Å². The fourth-order valence-electron chi connectivity index (χ4n) is 5.42. The van der Waals surface area contributed by atoms with Crippen molar-refractivity contribution in [1.29, 1.82) is 0 Å². The molecule has 0 aliphatic carbocycles. The maximum atomic E-state index is 13.0. The highest BCUT2D eigenvalue weighted by Crippen LogP contribution is 2.35. The fourth-order valence-corrected chi connectivity index (χ4v) is 5.42. The summed E-state index contributed by atoms with van der Waals surface area (Å²) >= 11 is 0. The Kier molecular flexibility index (Phi) is 7.45. The highest BCUT2D eigenvalue weighted by Gasteiger charge is 2.25. The molecule has 0 unspecified atom stereocenters. The molecule has 5 aromatic rings. The van der Waals surface area contributed by atoms with Crippen molar-refractivity contribution in [3.8, 4) is 22.5 Å². The summed E-state index contributed by atoms with van der Waals surface area (Å²) in [6, 6.07) is 15.6. The number of amides is 1. The van der Waals surface area contributed by atoms with Crippen molar-refractivity contribution in [3.05, 3.63) is 72.0 Å². The number of nitrogens with one attached hydrogen (secondary N) is 2. The van der Waals surface area contributed by atoms with Crippen molar-refractivity contribution in [3.63, 3.8) is 0 Å². The zero-order valence-corrected chi connectivity index (χ0v) is 24.9. The van der Waals surface area contributed by atoms with Crippen LogP contribution in [0.15, 0.2) is 59.3 Å². The van der Waals surface area contributed by atoms with Gasteiger partial charge in [-0.2, -0.15) is 4.98 Å². The van der Waals surface area contributed by atoms with E-state index in [1.54, 1.807) is 12.3 Å². The number of H-pyrrole nitrogens is 1. The third-order valence-corrected chi connectivity index (χ3v) is 7.46. The van der Waals surface area contributed by atoms with Crippen LogP contribution >= 0.6 is 0 Å². The van der Waals surface area contributed by atoms with Crippen molar-refractivity contribution in [2.24, 2.45) is 0 Å². The Labute approximate surface area is 249 Å². The van der Waals surface area contributed by atoms with Gasteiger partial charge in [-0.05, 0) is 55.8 Å². The van der Waals surface area contributed by atoms with Crippen LogP contribution in [-0.4, -0.2) is 61.4 Å². The molecule has 3 N–H and O–H groups in total.